The maximum Gasteiger partial charge on any atom is 0.178 e. The zero-order valence-electron chi connectivity index (χ0n) is 12.8. The monoisotopic (exact) mass is 300 g/mol. The van der Waals surface area contributed by atoms with Gasteiger partial charge in [-0.25, -0.2) is 0 Å². The van der Waals surface area contributed by atoms with Gasteiger partial charge in [0.05, 0.1) is 16.0 Å². The van der Waals surface area contributed by atoms with Crippen molar-refractivity contribution in [2.45, 2.75) is 37.8 Å². The second-order valence-electron chi connectivity index (χ2n) is 5.44. The van der Waals surface area contributed by atoms with E-state index < -0.39 is 16.0 Å². The minimum Gasteiger partial charge on any atom is -0.293 e. The summed E-state index contributed by atoms with van der Waals surface area (Å²) in [5.41, 5.74) is 3.75. The van der Waals surface area contributed by atoms with Gasteiger partial charge in [0.1, 0.15) is 0 Å². The van der Waals surface area contributed by atoms with Crippen LogP contribution in [0, 0.1) is 20.8 Å². The number of benzene rings is 2. The maximum absolute atomic E-state index is 12.6. The van der Waals surface area contributed by atoms with E-state index >= 15 is 0 Å². The first-order valence-electron chi connectivity index (χ1n) is 6.99. The Morgan fingerprint density at radius 1 is 0.952 bits per heavy atom. The molecule has 2 aromatic rings. The number of aryl methyl sites for hydroxylation is 3. The Bertz CT molecular complexity index is 687. The molecule has 0 N–H and O–H groups in total. The van der Waals surface area contributed by atoms with E-state index in [0.29, 0.717) is 10.5 Å². The molecule has 0 aromatic heterocycles. The zero-order valence-corrected chi connectivity index (χ0v) is 13.7. The summed E-state index contributed by atoms with van der Waals surface area (Å²) in [6, 6.07) is 13.3. The number of carbonyl (C=O) groups excluding carboxylic acids is 1. The molecule has 0 bridgehead atoms. The van der Waals surface area contributed by atoms with Crippen LogP contribution in [0.3, 0.4) is 0 Å². The lowest BCUT2D eigenvalue weighted by molar-refractivity contribution is 0.0992. The first kappa shape index (κ1) is 15.6. The summed E-state index contributed by atoms with van der Waals surface area (Å²) < 4.78 is 12.6. The molecule has 110 valence electrons. The van der Waals surface area contributed by atoms with Crippen molar-refractivity contribution in [3.63, 3.8) is 0 Å². The van der Waals surface area contributed by atoms with Crippen molar-refractivity contribution in [1.82, 2.24) is 0 Å². The van der Waals surface area contributed by atoms with Crippen molar-refractivity contribution >= 4 is 16.6 Å². The van der Waals surface area contributed by atoms with Crippen molar-refractivity contribution < 1.29 is 9.00 Å². The molecule has 2 rings (SSSR count). The van der Waals surface area contributed by atoms with Crippen LogP contribution in [0.2, 0.25) is 0 Å². The fourth-order valence-electron chi connectivity index (χ4n) is 2.19. The van der Waals surface area contributed by atoms with Gasteiger partial charge < -0.3 is 0 Å². The molecule has 0 aliphatic rings. The molecule has 3 heteroatoms. The topological polar surface area (TPSA) is 34.1 Å². The number of carbonyl (C=O) groups is 1. The SMILES string of the molecule is Cc1ccc(S(=O)C(C)C(=O)c2cc(C)ccc2C)cc1. The molecule has 0 aliphatic heterocycles. The summed E-state index contributed by atoms with van der Waals surface area (Å²) in [6.45, 7) is 7.59. The van der Waals surface area contributed by atoms with Crippen LogP contribution in [0.5, 0.6) is 0 Å². The van der Waals surface area contributed by atoms with Crippen LogP contribution in [-0.2, 0) is 10.8 Å². The van der Waals surface area contributed by atoms with Gasteiger partial charge in [0.2, 0.25) is 0 Å². The predicted octanol–water partition coefficient (Wildman–Crippen LogP) is 3.99. The van der Waals surface area contributed by atoms with Gasteiger partial charge in [0, 0.05) is 10.5 Å². The standard InChI is InChI=1S/C18H20O2S/c1-12-6-9-16(10-7-12)21(20)15(4)18(19)17-11-13(2)5-8-14(17)3/h5-11,15H,1-4H3. The lowest BCUT2D eigenvalue weighted by atomic mass is 10.0. The van der Waals surface area contributed by atoms with Crippen molar-refractivity contribution in [2.75, 3.05) is 0 Å². The van der Waals surface area contributed by atoms with E-state index in [4.69, 9.17) is 0 Å². The molecule has 0 spiro atoms. The number of rotatable bonds is 4. The minimum absolute atomic E-state index is 0.0601. The molecule has 0 fully saturated rings. The van der Waals surface area contributed by atoms with Crippen LogP contribution in [0.4, 0.5) is 0 Å². The first-order chi connectivity index (χ1) is 9.90. The van der Waals surface area contributed by atoms with Gasteiger partial charge in [0.15, 0.2) is 5.78 Å². The highest BCUT2D eigenvalue weighted by Crippen LogP contribution is 2.19. The second kappa shape index (κ2) is 6.35. The molecule has 21 heavy (non-hydrogen) atoms. The Labute approximate surface area is 128 Å². The highest BCUT2D eigenvalue weighted by atomic mass is 32.2. The van der Waals surface area contributed by atoms with E-state index in [1.54, 1.807) is 6.92 Å². The quantitative estimate of drug-likeness (QED) is 0.800. The Morgan fingerprint density at radius 3 is 2.14 bits per heavy atom. The van der Waals surface area contributed by atoms with Crippen LogP contribution in [0.25, 0.3) is 0 Å². The molecule has 2 nitrogen and oxygen atoms in total. The molecule has 2 aromatic carbocycles. The Kier molecular flexibility index (Phi) is 4.73. The summed E-state index contributed by atoms with van der Waals surface area (Å²) in [4.78, 5) is 13.3. The molecular formula is C18H20O2S. The molecular weight excluding hydrogens is 280 g/mol. The second-order valence-corrected chi connectivity index (χ2v) is 7.21. The van der Waals surface area contributed by atoms with Crippen LogP contribution in [-0.4, -0.2) is 15.2 Å². The van der Waals surface area contributed by atoms with Gasteiger partial charge in [-0.05, 0) is 51.5 Å². The molecule has 0 radical (unpaired) electrons. The molecule has 0 saturated carbocycles. The van der Waals surface area contributed by atoms with Crippen LogP contribution < -0.4 is 0 Å². The van der Waals surface area contributed by atoms with E-state index in [1.165, 1.54) is 0 Å². The molecule has 2 atom stereocenters. The highest BCUT2D eigenvalue weighted by molar-refractivity contribution is 7.86. The summed E-state index contributed by atoms with van der Waals surface area (Å²) in [7, 11) is -1.33. The van der Waals surface area contributed by atoms with Crippen LogP contribution in [0.15, 0.2) is 47.4 Å². The van der Waals surface area contributed by atoms with Crippen molar-refractivity contribution in [3.8, 4) is 0 Å². The normalized spacial score (nSPS) is 13.7. The number of hydrogen-bond acceptors (Lipinski definition) is 2. The average molecular weight is 300 g/mol. The third-order valence-electron chi connectivity index (χ3n) is 3.60. The Morgan fingerprint density at radius 2 is 1.52 bits per heavy atom. The first-order valence-corrected chi connectivity index (χ1v) is 8.20. The molecule has 0 amide bonds. The lowest BCUT2D eigenvalue weighted by Crippen LogP contribution is -2.23. The molecule has 0 heterocycles. The minimum atomic E-state index is -1.33. The third kappa shape index (κ3) is 3.48. The average Bonchev–Trinajstić information content (AvgIpc) is 2.48. The number of ketones is 1. The largest absolute Gasteiger partial charge is 0.293 e. The number of hydrogen-bond donors (Lipinski definition) is 0. The Balaban J connectivity index is 2.28. The van der Waals surface area contributed by atoms with E-state index in [9.17, 15) is 9.00 Å². The van der Waals surface area contributed by atoms with E-state index in [0.717, 1.165) is 16.7 Å². The summed E-state index contributed by atoms with van der Waals surface area (Å²) >= 11 is 0. The molecule has 2 unspecified atom stereocenters. The van der Waals surface area contributed by atoms with Gasteiger partial charge >= 0.3 is 0 Å². The van der Waals surface area contributed by atoms with Crippen molar-refractivity contribution in [1.29, 1.82) is 0 Å². The molecule has 0 aliphatic carbocycles. The van der Waals surface area contributed by atoms with Gasteiger partial charge in [-0.1, -0.05) is 35.4 Å². The van der Waals surface area contributed by atoms with E-state index in [1.807, 2.05) is 63.2 Å². The maximum atomic E-state index is 12.6. The van der Waals surface area contributed by atoms with Gasteiger partial charge in [-0.3, -0.25) is 9.00 Å². The third-order valence-corrected chi connectivity index (χ3v) is 5.20. The summed E-state index contributed by atoms with van der Waals surface area (Å²) in [5, 5.41) is -0.548. The number of Topliss-reactive ketones (excluding diaryl/α,β-unsaturated/α-hetero) is 1. The van der Waals surface area contributed by atoms with Gasteiger partial charge in [-0.15, -0.1) is 0 Å². The van der Waals surface area contributed by atoms with Crippen LogP contribution in [0.1, 0.15) is 34.0 Å². The molecule has 0 saturated heterocycles. The summed E-state index contributed by atoms with van der Waals surface area (Å²) in [6.07, 6.45) is 0. The van der Waals surface area contributed by atoms with E-state index in [2.05, 4.69) is 0 Å². The predicted molar refractivity (Wildman–Crippen MR) is 87.3 cm³/mol. The summed E-state index contributed by atoms with van der Waals surface area (Å²) in [5.74, 6) is -0.0601. The smallest absolute Gasteiger partial charge is 0.178 e. The van der Waals surface area contributed by atoms with Gasteiger partial charge in [0.25, 0.3) is 0 Å². The Hall–Kier alpha value is -1.74. The fraction of sp³-hybridized carbons (Fsp3) is 0.278. The fourth-order valence-corrected chi connectivity index (χ4v) is 3.33. The van der Waals surface area contributed by atoms with Crippen molar-refractivity contribution in [2.24, 2.45) is 0 Å². The van der Waals surface area contributed by atoms with Crippen molar-refractivity contribution in [3.05, 3.63) is 64.7 Å². The van der Waals surface area contributed by atoms with Crippen LogP contribution >= 0.6 is 0 Å². The lowest BCUT2D eigenvalue weighted by Gasteiger charge is -2.13. The van der Waals surface area contributed by atoms with E-state index in [-0.39, 0.29) is 5.78 Å². The zero-order chi connectivity index (χ0) is 15.6. The highest BCUT2D eigenvalue weighted by Gasteiger charge is 2.23. The van der Waals surface area contributed by atoms with Gasteiger partial charge in [-0.2, -0.15) is 0 Å².